The molecule has 7 nitrogen and oxygen atoms in total. The number of ether oxygens (including phenoxy) is 2. The number of rotatable bonds is 11. The lowest BCUT2D eigenvalue weighted by atomic mass is 10.0. The SMILES string of the molecule is CCOCCCN(CC(=O)c1c(C)[nH]c(C(=O)OCC)c1C)C(=O)c1ccc(C)cc1. The quantitative estimate of drug-likeness (QED) is 0.333. The highest BCUT2D eigenvalue weighted by Crippen LogP contribution is 2.20. The van der Waals surface area contributed by atoms with Crippen LogP contribution in [0.1, 0.15) is 68.3 Å². The zero-order valence-electron chi connectivity index (χ0n) is 19.0. The summed E-state index contributed by atoms with van der Waals surface area (Å²) in [6, 6.07) is 7.28. The molecule has 0 saturated heterocycles. The van der Waals surface area contributed by atoms with Gasteiger partial charge in [0.25, 0.3) is 5.91 Å². The number of carbonyl (C=O) groups excluding carboxylic acids is 3. The molecule has 1 heterocycles. The van der Waals surface area contributed by atoms with Gasteiger partial charge in [-0.1, -0.05) is 17.7 Å². The summed E-state index contributed by atoms with van der Waals surface area (Å²) in [4.78, 5) is 42.9. The lowest BCUT2D eigenvalue weighted by molar-refractivity contribution is 0.0519. The van der Waals surface area contributed by atoms with E-state index in [1.165, 1.54) is 0 Å². The van der Waals surface area contributed by atoms with Crippen molar-refractivity contribution in [1.82, 2.24) is 9.88 Å². The number of amides is 1. The molecule has 1 N–H and O–H groups in total. The molecule has 168 valence electrons. The molecular formula is C24H32N2O5. The van der Waals surface area contributed by atoms with Crippen molar-refractivity contribution in [2.24, 2.45) is 0 Å². The van der Waals surface area contributed by atoms with E-state index < -0.39 is 5.97 Å². The molecule has 7 heteroatoms. The normalized spacial score (nSPS) is 10.7. The maximum Gasteiger partial charge on any atom is 0.355 e. The molecule has 0 fully saturated rings. The Morgan fingerprint density at radius 1 is 1.00 bits per heavy atom. The third kappa shape index (κ3) is 6.28. The van der Waals surface area contributed by atoms with Gasteiger partial charge >= 0.3 is 5.97 Å². The molecule has 0 radical (unpaired) electrons. The summed E-state index contributed by atoms with van der Waals surface area (Å²) in [5.41, 5.74) is 3.41. The average molecular weight is 429 g/mol. The van der Waals surface area contributed by atoms with E-state index in [4.69, 9.17) is 9.47 Å². The first-order valence-electron chi connectivity index (χ1n) is 10.6. The Kier molecular flexibility index (Phi) is 9.00. The van der Waals surface area contributed by atoms with Gasteiger partial charge in [0, 0.05) is 36.6 Å². The number of nitrogens with zero attached hydrogens (tertiary/aromatic N) is 1. The van der Waals surface area contributed by atoms with E-state index in [-0.39, 0.29) is 30.5 Å². The minimum atomic E-state index is -0.494. The lowest BCUT2D eigenvalue weighted by Gasteiger charge is -2.22. The molecule has 0 unspecified atom stereocenters. The fourth-order valence-electron chi connectivity index (χ4n) is 3.46. The van der Waals surface area contributed by atoms with E-state index in [2.05, 4.69) is 4.98 Å². The van der Waals surface area contributed by atoms with Gasteiger partial charge in [-0.05, 0) is 58.7 Å². The summed E-state index contributed by atoms with van der Waals surface area (Å²) >= 11 is 0. The van der Waals surface area contributed by atoms with Gasteiger partial charge in [0.15, 0.2) is 5.78 Å². The van der Waals surface area contributed by atoms with Crippen LogP contribution in [-0.2, 0) is 9.47 Å². The zero-order valence-corrected chi connectivity index (χ0v) is 19.0. The highest BCUT2D eigenvalue weighted by molar-refractivity contribution is 6.05. The topological polar surface area (TPSA) is 88.7 Å². The number of aromatic amines is 1. The Balaban J connectivity index is 2.25. The van der Waals surface area contributed by atoms with Crippen molar-refractivity contribution in [3.8, 4) is 0 Å². The van der Waals surface area contributed by atoms with Gasteiger partial charge in [-0.25, -0.2) is 4.79 Å². The maximum atomic E-state index is 13.2. The Labute approximate surface area is 183 Å². The number of Topliss-reactive ketones (excluding diaryl/α,β-unsaturated/α-hetero) is 1. The maximum absolute atomic E-state index is 13.2. The fourth-order valence-corrected chi connectivity index (χ4v) is 3.46. The average Bonchev–Trinajstić information content (AvgIpc) is 3.04. The van der Waals surface area contributed by atoms with Crippen LogP contribution in [0.15, 0.2) is 24.3 Å². The molecule has 31 heavy (non-hydrogen) atoms. The number of esters is 1. The van der Waals surface area contributed by atoms with E-state index in [0.29, 0.717) is 48.6 Å². The summed E-state index contributed by atoms with van der Waals surface area (Å²) in [7, 11) is 0. The number of aryl methyl sites for hydroxylation is 2. The number of hydrogen-bond acceptors (Lipinski definition) is 5. The van der Waals surface area contributed by atoms with E-state index in [1.807, 2.05) is 26.0 Å². The van der Waals surface area contributed by atoms with Gasteiger partial charge in [-0.3, -0.25) is 9.59 Å². The van der Waals surface area contributed by atoms with Crippen molar-refractivity contribution in [3.63, 3.8) is 0 Å². The second-order valence-electron chi connectivity index (χ2n) is 7.41. The Morgan fingerprint density at radius 3 is 2.29 bits per heavy atom. The highest BCUT2D eigenvalue weighted by Gasteiger charge is 2.26. The number of carbonyl (C=O) groups is 3. The second-order valence-corrected chi connectivity index (χ2v) is 7.41. The molecule has 0 aliphatic heterocycles. The second kappa shape index (κ2) is 11.5. The molecule has 1 aromatic heterocycles. The number of hydrogen-bond donors (Lipinski definition) is 1. The number of H-pyrrole nitrogens is 1. The lowest BCUT2D eigenvalue weighted by Crippen LogP contribution is -2.37. The van der Waals surface area contributed by atoms with Crippen molar-refractivity contribution in [2.75, 3.05) is 32.9 Å². The molecule has 1 aromatic carbocycles. The van der Waals surface area contributed by atoms with E-state index in [9.17, 15) is 14.4 Å². The van der Waals surface area contributed by atoms with E-state index in [0.717, 1.165) is 5.56 Å². The molecule has 1 amide bonds. The van der Waals surface area contributed by atoms with Crippen LogP contribution in [0.3, 0.4) is 0 Å². The minimum Gasteiger partial charge on any atom is -0.461 e. The highest BCUT2D eigenvalue weighted by atomic mass is 16.5. The zero-order chi connectivity index (χ0) is 23.0. The first kappa shape index (κ1) is 24.3. The van der Waals surface area contributed by atoms with Crippen molar-refractivity contribution < 1.29 is 23.9 Å². The molecule has 0 bridgehead atoms. The fraction of sp³-hybridized carbons (Fsp3) is 0.458. The van der Waals surface area contributed by atoms with Crippen LogP contribution in [0.25, 0.3) is 0 Å². The van der Waals surface area contributed by atoms with Gasteiger partial charge in [0.1, 0.15) is 5.69 Å². The van der Waals surface area contributed by atoms with E-state index in [1.54, 1.807) is 37.8 Å². The van der Waals surface area contributed by atoms with Crippen LogP contribution in [0.5, 0.6) is 0 Å². The van der Waals surface area contributed by atoms with Gasteiger partial charge in [0.05, 0.1) is 13.2 Å². The molecule has 2 rings (SSSR count). The van der Waals surface area contributed by atoms with Crippen molar-refractivity contribution in [1.29, 1.82) is 0 Å². The molecule has 0 aliphatic carbocycles. The summed E-state index contributed by atoms with van der Waals surface area (Å²) in [5, 5.41) is 0. The standard InChI is InChI=1S/C24H32N2O5/c1-6-30-14-8-13-26(23(28)19-11-9-16(3)10-12-19)15-20(27)21-17(4)22(25-18(21)5)24(29)31-7-2/h9-12,25H,6-8,13-15H2,1-5H3. The van der Waals surface area contributed by atoms with Crippen LogP contribution in [-0.4, -0.2) is 60.5 Å². The Bertz CT molecular complexity index is 915. The first-order valence-corrected chi connectivity index (χ1v) is 10.6. The summed E-state index contributed by atoms with van der Waals surface area (Å²) in [5.74, 6) is -0.925. The Hall–Kier alpha value is -2.93. The van der Waals surface area contributed by atoms with Gasteiger partial charge in [-0.15, -0.1) is 0 Å². The number of aromatic nitrogens is 1. The van der Waals surface area contributed by atoms with Gasteiger partial charge in [0.2, 0.25) is 0 Å². The molecule has 0 aliphatic rings. The van der Waals surface area contributed by atoms with Crippen LogP contribution < -0.4 is 0 Å². The summed E-state index contributed by atoms with van der Waals surface area (Å²) in [6.07, 6.45) is 0.623. The molecule has 2 aromatic rings. The van der Waals surface area contributed by atoms with Gasteiger partial charge in [-0.2, -0.15) is 0 Å². The van der Waals surface area contributed by atoms with Crippen LogP contribution in [0, 0.1) is 20.8 Å². The third-order valence-electron chi connectivity index (χ3n) is 5.04. The minimum absolute atomic E-state index is 0.0827. The molecule has 0 saturated carbocycles. The first-order chi connectivity index (χ1) is 14.8. The number of benzene rings is 1. The Morgan fingerprint density at radius 2 is 1.68 bits per heavy atom. The van der Waals surface area contributed by atoms with Crippen molar-refractivity contribution in [2.45, 2.75) is 41.0 Å². The largest absolute Gasteiger partial charge is 0.461 e. The van der Waals surface area contributed by atoms with E-state index >= 15 is 0 Å². The van der Waals surface area contributed by atoms with Crippen LogP contribution >= 0.6 is 0 Å². The van der Waals surface area contributed by atoms with Crippen molar-refractivity contribution >= 4 is 17.7 Å². The summed E-state index contributed by atoms with van der Waals surface area (Å²) in [6.45, 7) is 10.7. The van der Waals surface area contributed by atoms with Crippen LogP contribution in [0.4, 0.5) is 0 Å². The van der Waals surface area contributed by atoms with Gasteiger partial charge < -0.3 is 19.4 Å². The smallest absolute Gasteiger partial charge is 0.355 e. The summed E-state index contributed by atoms with van der Waals surface area (Å²) < 4.78 is 10.4. The predicted molar refractivity (Wildman–Crippen MR) is 119 cm³/mol. The molecular weight excluding hydrogens is 396 g/mol. The predicted octanol–water partition coefficient (Wildman–Crippen LogP) is 3.87. The number of nitrogens with one attached hydrogen (secondary N) is 1. The van der Waals surface area contributed by atoms with Crippen LogP contribution in [0.2, 0.25) is 0 Å². The number of ketones is 1. The molecule has 0 spiro atoms. The monoisotopic (exact) mass is 428 g/mol. The van der Waals surface area contributed by atoms with Crippen molar-refractivity contribution in [3.05, 3.63) is 57.9 Å². The molecule has 0 atom stereocenters. The third-order valence-corrected chi connectivity index (χ3v) is 5.04.